The minimum atomic E-state index is -2.56. The topological polar surface area (TPSA) is 57.2 Å². The second-order valence-electron chi connectivity index (χ2n) is 6.50. The van der Waals surface area contributed by atoms with Crippen LogP contribution in [0.15, 0.2) is 0 Å². The summed E-state index contributed by atoms with van der Waals surface area (Å²) in [6.07, 6.45) is 1.80. The summed E-state index contributed by atoms with van der Waals surface area (Å²) in [6, 6.07) is 3.71. The average molecular weight is 394 g/mol. The summed E-state index contributed by atoms with van der Waals surface area (Å²) in [6.45, 7) is 10.2. The lowest BCUT2D eigenvalue weighted by Crippen LogP contribution is -2.45. The van der Waals surface area contributed by atoms with Crippen LogP contribution in [-0.4, -0.2) is 69.0 Å². The first-order valence-electron chi connectivity index (χ1n) is 9.51. The van der Waals surface area contributed by atoms with Gasteiger partial charge in [0.05, 0.1) is 6.54 Å². The number of carbonyl (C=O) groups is 1. The number of nitrogens with zero attached hydrogens (tertiary/aromatic N) is 1. The molecule has 8 heteroatoms. The van der Waals surface area contributed by atoms with E-state index in [-0.39, 0.29) is 5.97 Å². The normalized spacial score (nSPS) is 12.6. The van der Waals surface area contributed by atoms with Gasteiger partial charge in [0.2, 0.25) is 0 Å². The van der Waals surface area contributed by atoms with Crippen molar-refractivity contribution >= 4 is 23.1 Å². The first-order chi connectivity index (χ1) is 11.9. The van der Waals surface area contributed by atoms with E-state index in [9.17, 15) is 4.79 Å². The predicted octanol–water partition coefficient (Wildman–Crippen LogP) is 3.52. The summed E-state index contributed by atoms with van der Waals surface area (Å²) in [7, 11) is 0.821. The van der Waals surface area contributed by atoms with E-state index in [1.165, 1.54) is 0 Å². The van der Waals surface area contributed by atoms with Crippen LogP contribution in [0.4, 0.5) is 0 Å². The molecule has 0 atom stereocenters. The summed E-state index contributed by atoms with van der Waals surface area (Å²) < 4.78 is 22.8. The quantitative estimate of drug-likeness (QED) is 0.397. The number of likely N-dealkylation sites (N-methyl/N-ethyl adjacent to an activating group) is 1. The molecule has 0 aromatic heterocycles. The van der Waals surface area contributed by atoms with Gasteiger partial charge in [-0.3, -0.25) is 9.69 Å². The average Bonchev–Trinajstić information content (AvgIpc) is 2.62. The fraction of sp³-hybridized carbons (Fsp3) is 0.941. The Labute approximate surface area is 156 Å². The van der Waals surface area contributed by atoms with Gasteiger partial charge in [-0.1, -0.05) is 27.7 Å². The third-order valence-electron chi connectivity index (χ3n) is 4.83. The van der Waals surface area contributed by atoms with Gasteiger partial charge >= 0.3 is 14.8 Å². The van der Waals surface area contributed by atoms with E-state index in [4.69, 9.17) is 17.7 Å². The van der Waals surface area contributed by atoms with Crippen molar-refractivity contribution in [3.63, 3.8) is 0 Å². The van der Waals surface area contributed by atoms with Crippen LogP contribution in [0.3, 0.4) is 0 Å². The summed E-state index contributed by atoms with van der Waals surface area (Å²) in [4.78, 5) is 14.3. The first-order valence-corrected chi connectivity index (χ1v) is 14.0. The maximum absolute atomic E-state index is 12.3. The minimum absolute atomic E-state index is 0.0936. The molecule has 0 unspecified atom stereocenters. The molecule has 150 valence electrons. The zero-order valence-electron chi connectivity index (χ0n) is 17.4. The van der Waals surface area contributed by atoms with Crippen molar-refractivity contribution < 1.29 is 22.5 Å². The molecule has 0 radical (unpaired) electrons. The van der Waals surface area contributed by atoms with Gasteiger partial charge in [0.15, 0.2) is 0 Å². The van der Waals surface area contributed by atoms with Crippen molar-refractivity contribution in [1.29, 1.82) is 0 Å². The van der Waals surface area contributed by atoms with Crippen molar-refractivity contribution in [2.75, 3.05) is 41.0 Å². The van der Waals surface area contributed by atoms with E-state index in [2.05, 4.69) is 27.7 Å². The van der Waals surface area contributed by atoms with Crippen LogP contribution in [0, 0.1) is 0 Å². The molecule has 0 saturated heterocycles. The van der Waals surface area contributed by atoms with Gasteiger partial charge in [0.25, 0.3) is 8.32 Å². The fourth-order valence-corrected chi connectivity index (χ4v) is 7.38. The largest absolute Gasteiger partial charge is 0.518 e. The summed E-state index contributed by atoms with van der Waals surface area (Å²) >= 11 is 0. The number of carbonyl (C=O) groups excluding carboxylic acids is 1. The molecule has 0 aliphatic carbocycles. The van der Waals surface area contributed by atoms with Crippen LogP contribution in [0.1, 0.15) is 40.5 Å². The Morgan fingerprint density at radius 2 is 1.56 bits per heavy atom. The van der Waals surface area contributed by atoms with Crippen molar-refractivity contribution in [1.82, 2.24) is 4.90 Å². The first kappa shape index (κ1) is 24.7. The van der Waals surface area contributed by atoms with E-state index < -0.39 is 17.1 Å². The second-order valence-corrected chi connectivity index (χ2v) is 14.2. The highest BCUT2D eigenvalue weighted by Gasteiger charge is 2.38. The highest BCUT2D eigenvalue weighted by Crippen LogP contribution is 2.22. The third kappa shape index (κ3) is 8.79. The smallest absolute Gasteiger partial charge is 0.500 e. The van der Waals surface area contributed by atoms with Gasteiger partial charge in [0, 0.05) is 26.9 Å². The summed E-state index contributed by atoms with van der Waals surface area (Å²) in [5.41, 5.74) is 0. The van der Waals surface area contributed by atoms with Gasteiger partial charge in [-0.2, -0.15) is 0 Å². The lowest BCUT2D eigenvalue weighted by Gasteiger charge is -2.29. The molecule has 0 rings (SSSR count). The molecule has 0 heterocycles. The molecule has 25 heavy (non-hydrogen) atoms. The van der Waals surface area contributed by atoms with Crippen molar-refractivity contribution in [2.45, 2.75) is 64.7 Å². The van der Waals surface area contributed by atoms with E-state index in [1.54, 1.807) is 14.2 Å². The Bertz CT molecular complexity index is 355. The molecule has 0 spiro atoms. The molecule has 6 nitrogen and oxygen atoms in total. The van der Waals surface area contributed by atoms with Gasteiger partial charge in [-0.05, 0) is 44.6 Å². The zero-order valence-corrected chi connectivity index (χ0v) is 19.4. The van der Waals surface area contributed by atoms with Crippen LogP contribution in [0.25, 0.3) is 0 Å². The Morgan fingerprint density at radius 3 is 2.00 bits per heavy atom. The SMILES string of the molecule is CCCO[Si](CCCN(C)CC(=O)O[Si](CC)(CC)CC)(OC)OC. The van der Waals surface area contributed by atoms with Gasteiger partial charge in [-0.15, -0.1) is 0 Å². The minimum Gasteiger partial charge on any atom is -0.518 e. The monoisotopic (exact) mass is 393 g/mol. The molecule has 0 amide bonds. The summed E-state index contributed by atoms with van der Waals surface area (Å²) in [5, 5.41) is 0. The number of hydrogen-bond donors (Lipinski definition) is 0. The highest BCUT2D eigenvalue weighted by molar-refractivity contribution is 6.74. The maximum atomic E-state index is 12.3. The molecule has 0 saturated carbocycles. The molecule has 0 aliphatic rings. The van der Waals surface area contributed by atoms with Crippen molar-refractivity contribution in [3.05, 3.63) is 0 Å². The lowest BCUT2D eigenvalue weighted by molar-refractivity contribution is -0.136. The zero-order chi connectivity index (χ0) is 19.3. The van der Waals surface area contributed by atoms with E-state index in [0.29, 0.717) is 13.2 Å². The van der Waals surface area contributed by atoms with Crippen LogP contribution in [0.5, 0.6) is 0 Å². The van der Waals surface area contributed by atoms with Crippen LogP contribution < -0.4 is 0 Å². The van der Waals surface area contributed by atoms with Crippen molar-refractivity contribution in [2.24, 2.45) is 0 Å². The summed E-state index contributed by atoms with van der Waals surface area (Å²) in [5.74, 6) is -0.0936. The lowest BCUT2D eigenvalue weighted by atomic mass is 10.4. The Morgan fingerprint density at radius 1 is 1.00 bits per heavy atom. The van der Waals surface area contributed by atoms with Crippen LogP contribution >= 0.6 is 0 Å². The van der Waals surface area contributed by atoms with E-state index in [1.807, 2.05) is 11.9 Å². The number of rotatable bonds is 15. The second kappa shape index (κ2) is 13.0. The van der Waals surface area contributed by atoms with Crippen LogP contribution in [-0.2, 0) is 22.5 Å². The standard InChI is InChI=1S/C17H39NO5Si2/c1-8-14-22-25(20-6,21-7)15-12-13-18(5)16-17(19)23-24(9-2,10-3)11-4/h8-16H2,1-7H3. The molecule has 0 N–H and O–H groups in total. The van der Waals surface area contributed by atoms with Crippen molar-refractivity contribution in [3.8, 4) is 0 Å². The Balaban J connectivity index is 4.37. The predicted molar refractivity (Wildman–Crippen MR) is 106 cm³/mol. The number of hydrogen-bond acceptors (Lipinski definition) is 6. The molecule has 0 aromatic carbocycles. The molecular weight excluding hydrogens is 354 g/mol. The van der Waals surface area contributed by atoms with Gasteiger partial charge in [-0.25, -0.2) is 0 Å². The van der Waals surface area contributed by atoms with E-state index in [0.717, 1.165) is 43.6 Å². The third-order valence-corrected chi connectivity index (χ3v) is 12.2. The molecular formula is C17H39NO5Si2. The van der Waals surface area contributed by atoms with E-state index >= 15 is 0 Å². The Hall–Kier alpha value is -0.256. The molecule has 0 aromatic rings. The highest BCUT2D eigenvalue weighted by atomic mass is 28.4. The Kier molecular flexibility index (Phi) is 12.9. The van der Waals surface area contributed by atoms with Crippen LogP contribution in [0.2, 0.25) is 24.2 Å². The van der Waals surface area contributed by atoms with Gasteiger partial charge < -0.3 is 17.7 Å². The fourth-order valence-electron chi connectivity index (χ4n) is 2.84. The maximum Gasteiger partial charge on any atom is 0.500 e. The molecule has 0 fully saturated rings. The molecule has 0 aliphatic heterocycles. The van der Waals surface area contributed by atoms with Gasteiger partial charge in [0.1, 0.15) is 0 Å². The molecule has 0 bridgehead atoms.